The summed E-state index contributed by atoms with van der Waals surface area (Å²) in [5, 5.41) is 0. The van der Waals surface area contributed by atoms with Crippen molar-refractivity contribution >= 4 is 15.9 Å². The Labute approximate surface area is 135 Å². The summed E-state index contributed by atoms with van der Waals surface area (Å²) in [5.74, 6) is 0. The number of benzene rings is 2. The first-order chi connectivity index (χ1) is 10.2. The Kier molecular flexibility index (Phi) is 4.73. The van der Waals surface area contributed by atoms with E-state index in [2.05, 4.69) is 87.4 Å². The Morgan fingerprint density at radius 1 is 1.00 bits per heavy atom. The van der Waals surface area contributed by atoms with Crippen LogP contribution in [-0.4, -0.2) is 36.5 Å². The number of hydrogen-bond acceptors (Lipinski definition) is 2. The van der Waals surface area contributed by atoms with Crippen LogP contribution in [-0.2, 0) is 6.54 Å². The van der Waals surface area contributed by atoms with Crippen molar-refractivity contribution in [1.29, 1.82) is 0 Å². The molecule has 0 aromatic heterocycles. The molecule has 1 saturated heterocycles. The minimum absolute atomic E-state index is 0.480. The third-order valence-corrected chi connectivity index (χ3v) is 4.71. The lowest BCUT2D eigenvalue weighted by molar-refractivity contribution is 0.0834. The molecule has 2 nitrogen and oxygen atoms in total. The van der Waals surface area contributed by atoms with Gasteiger partial charge < -0.3 is 4.90 Å². The van der Waals surface area contributed by atoms with E-state index in [1.54, 1.807) is 0 Å². The molecule has 0 N–H and O–H groups in total. The Balaban J connectivity index is 1.79. The van der Waals surface area contributed by atoms with Gasteiger partial charge in [0, 0.05) is 36.7 Å². The fourth-order valence-corrected chi connectivity index (χ4v) is 3.23. The molecule has 110 valence electrons. The van der Waals surface area contributed by atoms with Crippen LogP contribution in [0.2, 0.25) is 0 Å². The van der Waals surface area contributed by atoms with Gasteiger partial charge in [-0.15, -0.1) is 0 Å². The van der Waals surface area contributed by atoms with Crippen LogP contribution in [0.3, 0.4) is 0 Å². The zero-order chi connectivity index (χ0) is 14.7. The Hall–Kier alpha value is -1.16. The lowest BCUT2D eigenvalue weighted by Crippen LogP contribution is -2.46. The molecule has 0 aliphatic carbocycles. The first kappa shape index (κ1) is 14.8. The largest absolute Gasteiger partial charge is 0.303 e. The van der Waals surface area contributed by atoms with Gasteiger partial charge in [0.2, 0.25) is 0 Å². The van der Waals surface area contributed by atoms with Crippen LogP contribution in [0.1, 0.15) is 17.2 Å². The van der Waals surface area contributed by atoms with E-state index in [9.17, 15) is 0 Å². The first-order valence-electron chi connectivity index (χ1n) is 7.44. The minimum Gasteiger partial charge on any atom is -0.303 e. The standard InChI is InChI=1S/C18H21BrN2/c1-20-11-12-21(13-15-7-9-17(19)10-8-15)18(14-20)16-5-3-2-4-6-16/h2-10,18H,11-14H2,1H3. The molecule has 1 unspecified atom stereocenters. The SMILES string of the molecule is CN1CCN(Cc2ccc(Br)cc2)C(c2ccccc2)C1. The van der Waals surface area contributed by atoms with Crippen molar-refractivity contribution < 1.29 is 0 Å². The predicted octanol–water partition coefficient (Wildman–Crippen LogP) is 3.94. The summed E-state index contributed by atoms with van der Waals surface area (Å²) in [6.07, 6.45) is 0. The summed E-state index contributed by atoms with van der Waals surface area (Å²) in [4.78, 5) is 5.02. The third-order valence-electron chi connectivity index (χ3n) is 4.18. The molecule has 3 rings (SSSR count). The lowest BCUT2D eigenvalue weighted by atomic mass is 10.0. The predicted molar refractivity (Wildman–Crippen MR) is 91.2 cm³/mol. The van der Waals surface area contributed by atoms with E-state index >= 15 is 0 Å². The van der Waals surface area contributed by atoms with E-state index in [0.717, 1.165) is 30.7 Å². The molecule has 1 heterocycles. The quantitative estimate of drug-likeness (QED) is 0.832. The van der Waals surface area contributed by atoms with Gasteiger partial charge in [0.05, 0.1) is 0 Å². The molecule has 1 aliphatic rings. The number of piperazine rings is 1. The van der Waals surface area contributed by atoms with Gasteiger partial charge in [-0.2, -0.15) is 0 Å². The van der Waals surface area contributed by atoms with Crippen molar-refractivity contribution in [2.75, 3.05) is 26.7 Å². The summed E-state index contributed by atoms with van der Waals surface area (Å²) in [6, 6.07) is 20.0. The van der Waals surface area contributed by atoms with Crippen LogP contribution < -0.4 is 0 Å². The molecule has 1 fully saturated rings. The number of hydrogen-bond donors (Lipinski definition) is 0. The highest BCUT2D eigenvalue weighted by Gasteiger charge is 2.26. The van der Waals surface area contributed by atoms with Crippen molar-refractivity contribution in [2.24, 2.45) is 0 Å². The minimum atomic E-state index is 0.480. The second kappa shape index (κ2) is 6.73. The molecule has 0 spiro atoms. The second-order valence-corrected chi connectivity index (χ2v) is 6.70. The molecule has 0 saturated carbocycles. The number of likely N-dealkylation sites (N-methyl/N-ethyl adjacent to an activating group) is 1. The topological polar surface area (TPSA) is 6.48 Å². The molecule has 0 radical (unpaired) electrons. The van der Waals surface area contributed by atoms with Crippen LogP contribution in [0.5, 0.6) is 0 Å². The Bertz CT molecular complexity index is 568. The maximum absolute atomic E-state index is 3.51. The Morgan fingerprint density at radius 2 is 1.71 bits per heavy atom. The smallest absolute Gasteiger partial charge is 0.0479 e. The first-order valence-corrected chi connectivity index (χ1v) is 8.23. The molecule has 3 heteroatoms. The van der Waals surface area contributed by atoms with Crippen molar-refractivity contribution in [3.63, 3.8) is 0 Å². The van der Waals surface area contributed by atoms with E-state index in [4.69, 9.17) is 0 Å². The monoisotopic (exact) mass is 344 g/mol. The molecular weight excluding hydrogens is 324 g/mol. The van der Waals surface area contributed by atoms with Crippen molar-refractivity contribution in [3.8, 4) is 0 Å². The molecule has 2 aromatic carbocycles. The highest BCUT2D eigenvalue weighted by Crippen LogP contribution is 2.26. The van der Waals surface area contributed by atoms with Crippen LogP contribution in [0.15, 0.2) is 59.1 Å². The fourth-order valence-electron chi connectivity index (χ4n) is 2.96. The summed E-state index contributed by atoms with van der Waals surface area (Å²) in [5.41, 5.74) is 2.80. The van der Waals surface area contributed by atoms with Crippen molar-refractivity contribution in [2.45, 2.75) is 12.6 Å². The van der Waals surface area contributed by atoms with Gasteiger partial charge in [-0.25, -0.2) is 0 Å². The maximum Gasteiger partial charge on any atom is 0.0479 e. The van der Waals surface area contributed by atoms with Crippen molar-refractivity contribution in [1.82, 2.24) is 9.80 Å². The van der Waals surface area contributed by atoms with E-state index in [1.807, 2.05) is 0 Å². The molecule has 21 heavy (non-hydrogen) atoms. The molecular formula is C18H21BrN2. The second-order valence-electron chi connectivity index (χ2n) is 5.79. The van der Waals surface area contributed by atoms with Crippen LogP contribution in [0.25, 0.3) is 0 Å². The highest BCUT2D eigenvalue weighted by molar-refractivity contribution is 9.10. The summed E-state index contributed by atoms with van der Waals surface area (Å²) < 4.78 is 1.14. The average Bonchev–Trinajstić information content (AvgIpc) is 2.52. The number of halogens is 1. The van der Waals surface area contributed by atoms with Crippen molar-refractivity contribution in [3.05, 3.63) is 70.2 Å². The zero-order valence-corrected chi connectivity index (χ0v) is 14.0. The Morgan fingerprint density at radius 3 is 2.43 bits per heavy atom. The van der Waals surface area contributed by atoms with Gasteiger partial charge in [-0.1, -0.05) is 58.4 Å². The maximum atomic E-state index is 3.51. The van der Waals surface area contributed by atoms with Gasteiger partial charge >= 0.3 is 0 Å². The van der Waals surface area contributed by atoms with Gasteiger partial charge in [0.1, 0.15) is 0 Å². The van der Waals surface area contributed by atoms with E-state index in [0.29, 0.717) is 6.04 Å². The summed E-state index contributed by atoms with van der Waals surface area (Å²) in [6.45, 7) is 4.37. The third kappa shape index (κ3) is 3.73. The average molecular weight is 345 g/mol. The fraction of sp³-hybridized carbons (Fsp3) is 0.333. The molecule has 0 bridgehead atoms. The van der Waals surface area contributed by atoms with Gasteiger partial charge in [0.15, 0.2) is 0 Å². The van der Waals surface area contributed by atoms with Gasteiger partial charge in [-0.05, 0) is 30.3 Å². The zero-order valence-electron chi connectivity index (χ0n) is 12.4. The van der Waals surface area contributed by atoms with Gasteiger partial charge in [-0.3, -0.25) is 4.90 Å². The highest BCUT2D eigenvalue weighted by atomic mass is 79.9. The summed E-state index contributed by atoms with van der Waals surface area (Å²) >= 11 is 3.51. The van der Waals surface area contributed by atoms with Crippen LogP contribution in [0, 0.1) is 0 Å². The van der Waals surface area contributed by atoms with Gasteiger partial charge in [0.25, 0.3) is 0 Å². The number of rotatable bonds is 3. The molecule has 1 atom stereocenters. The van der Waals surface area contributed by atoms with E-state index in [1.165, 1.54) is 11.1 Å². The van der Waals surface area contributed by atoms with Crippen LogP contribution >= 0.6 is 15.9 Å². The number of nitrogens with zero attached hydrogens (tertiary/aromatic N) is 2. The van der Waals surface area contributed by atoms with E-state index < -0.39 is 0 Å². The molecule has 0 amide bonds. The normalized spacial score (nSPS) is 20.6. The lowest BCUT2D eigenvalue weighted by Gasteiger charge is -2.40. The molecule has 1 aliphatic heterocycles. The van der Waals surface area contributed by atoms with Crippen LogP contribution in [0.4, 0.5) is 0 Å². The van der Waals surface area contributed by atoms with E-state index in [-0.39, 0.29) is 0 Å². The summed E-state index contributed by atoms with van der Waals surface area (Å²) in [7, 11) is 2.22. The molecule has 2 aromatic rings.